The molecule has 3 fully saturated rings. The van der Waals surface area contributed by atoms with E-state index in [9.17, 15) is 4.79 Å². The molecule has 0 aromatic heterocycles. The number of nitrogens with zero attached hydrogens (tertiary/aromatic N) is 1. The van der Waals surface area contributed by atoms with Crippen molar-refractivity contribution in [3.8, 4) is 0 Å². The monoisotopic (exact) mass is 307 g/mol. The van der Waals surface area contributed by atoms with Crippen LogP contribution < -0.4 is 10.6 Å². The summed E-state index contributed by atoms with van der Waals surface area (Å²) in [6, 6.07) is 0. The van der Waals surface area contributed by atoms with E-state index in [1.165, 1.54) is 51.4 Å². The predicted molar refractivity (Wildman–Crippen MR) is 89.8 cm³/mol. The summed E-state index contributed by atoms with van der Waals surface area (Å²) in [6.45, 7) is 2.75. The quantitative estimate of drug-likeness (QED) is 0.836. The second kappa shape index (κ2) is 6.48. The highest BCUT2D eigenvalue weighted by molar-refractivity contribution is 5.84. The van der Waals surface area contributed by atoms with Gasteiger partial charge in [-0.1, -0.05) is 32.1 Å². The Hall–Kier alpha value is -0.610. The normalized spacial score (nSPS) is 34.4. The van der Waals surface area contributed by atoms with Gasteiger partial charge in [0.25, 0.3) is 0 Å². The molecule has 1 heterocycles. The van der Waals surface area contributed by atoms with Gasteiger partial charge >= 0.3 is 0 Å². The summed E-state index contributed by atoms with van der Waals surface area (Å²) in [5, 5.41) is 6.87. The summed E-state index contributed by atoms with van der Waals surface area (Å²) in [4.78, 5) is 15.4. The summed E-state index contributed by atoms with van der Waals surface area (Å²) in [5.41, 5.74) is 0.0706. The predicted octanol–water partition coefficient (Wildman–Crippen LogP) is 2.15. The Morgan fingerprint density at radius 1 is 1.14 bits per heavy atom. The average Bonchev–Trinajstić information content (AvgIpc) is 2.98. The molecule has 126 valence electrons. The third-order valence-corrected chi connectivity index (χ3v) is 6.80. The molecule has 0 aromatic carbocycles. The number of fused-ring (bicyclic) bond motifs is 1. The van der Waals surface area contributed by atoms with Gasteiger partial charge in [-0.25, -0.2) is 0 Å². The standard InChI is InChI=1S/C18H33N3O/c1-21(2)17(9-5-3-6-10-17)13-20-16(22)18-11-7-4-8-15(18)12-19-14-18/h15,19H,3-14H2,1-2H3,(H,20,22)/t15-,18+/m0/s1. The minimum Gasteiger partial charge on any atom is -0.354 e. The van der Waals surface area contributed by atoms with E-state index in [0.717, 1.165) is 26.1 Å². The van der Waals surface area contributed by atoms with Gasteiger partial charge in [0.05, 0.1) is 5.41 Å². The van der Waals surface area contributed by atoms with Crippen LogP contribution in [-0.4, -0.2) is 50.1 Å². The molecule has 2 N–H and O–H groups in total. The molecule has 4 heteroatoms. The fourth-order valence-corrected chi connectivity index (χ4v) is 5.10. The molecule has 1 amide bonds. The lowest BCUT2D eigenvalue weighted by Crippen LogP contribution is -2.57. The molecule has 1 aliphatic heterocycles. The van der Waals surface area contributed by atoms with Gasteiger partial charge in [-0.15, -0.1) is 0 Å². The largest absolute Gasteiger partial charge is 0.354 e. The number of hydrogen-bond acceptors (Lipinski definition) is 3. The highest BCUT2D eigenvalue weighted by atomic mass is 16.2. The van der Waals surface area contributed by atoms with Crippen LogP contribution in [0.4, 0.5) is 0 Å². The van der Waals surface area contributed by atoms with E-state index < -0.39 is 0 Å². The number of amides is 1. The zero-order chi connectivity index (χ0) is 15.6. The SMILES string of the molecule is CN(C)C1(CNC(=O)[C@@]23CCCC[C@H]2CNC3)CCCCC1. The van der Waals surface area contributed by atoms with Crippen LogP contribution in [0.3, 0.4) is 0 Å². The van der Waals surface area contributed by atoms with Gasteiger partial charge in [-0.05, 0) is 52.2 Å². The molecule has 4 nitrogen and oxygen atoms in total. The van der Waals surface area contributed by atoms with Crippen LogP contribution in [0.15, 0.2) is 0 Å². The summed E-state index contributed by atoms with van der Waals surface area (Å²) in [7, 11) is 4.35. The molecule has 1 saturated heterocycles. The molecule has 2 atom stereocenters. The molecule has 3 rings (SSSR count). The summed E-state index contributed by atoms with van der Waals surface area (Å²) in [5.74, 6) is 0.886. The molecule has 0 bridgehead atoms. The highest BCUT2D eigenvalue weighted by Gasteiger charge is 2.50. The zero-order valence-electron chi connectivity index (χ0n) is 14.4. The van der Waals surface area contributed by atoms with Crippen LogP contribution in [-0.2, 0) is 4.79 Å². The summed E-state index contributed by atoms with van der Waals surface area (Å²) < 4.78 is 0. The van der Waals surface area contributed by atoms with E-state index >= 15 is 0 Å². The molecular weight excluding hydrogens is 274 g/mol. The topological polar surface area (TPSA) is 44.4 Å². The maximum Gasteiger partial charge on any atom is 0.227 e. The second-order valence-electron chi connectivity index (χ2n) is 8.09. The van der Waals surface area contributed by atoms with Crippen molar-refractivity contribution in [3.63, 3.8) is 0 Å². The second-order valence-corrected chi connectivity index (χ2v) is 8.09. The van der Waals surface area contributed by atoms with Crippen LogP contribution >= 0.6 is 0 Å². The first-order valence-electron chi connectivity index (χ1n) is 9.26. The van der Waals surface area contributed by atoms with Crippen LogP contribution in [0, 0.1) is 11.3 Å². The fraction of sp³-hybridized carbons (Fsp3) is 0.944. The summed E-state index contributed by atoms with van der Waals surface area (Å²) in [6.07, 6.45) is 11.2. The Balaban J connectivity index is 1.66. The van der Waals surface area contributed by atoms with E-state index in [1.54, 1.807) is 0 Å². The first-order chi connectivity index (χ1) is 10.6. The van der Waals surface area contributed by atoms with Gasteiger partial charge in [-0.2, -0.15) is 0 Å². The number of rotatable bonds is 4. The lowest BCUT2D eigenvalue weighted by molar-refractivity contribution is -0.134. The van der Waals surface area contributed by atoms with E-state index in [0.29, 0.717) is 11.8 Å². The minimum atomic E-state index is -0.111. The Labute approximate surface area is 135 Å². The molecule has 0 spiro atoms. The van der Waals surface area contributed by atoms with Gasteiger partial charge < -0.3 is 15.5 Å². The van der Waals surface area contributed by atoms with Crippen molar-refractivity contribution in [3.05, 3.63) is 0 Å². The van der Waals surface area contributed by atoms with E-state index in [-0.39, 0.29) is 11.0 Å². The van der Waals surface area contributed by atoms with Gasteiger partial charge in [0.15, 0.2) is 0 Å². The zero-order valence-corrected chi connectivity index (χ0v) is 14.4. The smallest absolute Gasteiger partial charge is 0.227 e. The van der Waals surface area contributed by atoms with Crippen molar-refractivity contribution < 1.29 is 4.79 Å². The Kier molecular flexibility index (Phi) is 4.79. The average molecular weight is 307 g/mol. The molecule has 3 aliphatic rings. The van der Waals surface area contributed by atoms with Crippen molar-refractivity contribution in [1.82, 2.24) is 15.5 Å². The Morgan fingerprint density at radius 3 is 2.59 bits per heavy atom. The van der Waals surface area contributed by atoms with Gasteiger partial charge in [0.1, 0.15) is 0 Å². The van der Waals surface area contributed by atoms with Crippen LogP contribution in [0.1, 0.15) is 57.8 Å². The van der Waals surface area contributed by atoms with Crippen molar-refractivity contribution in [2.24, 2.45) is 11.3 Å². The van der Waals surface area contributed by atoms with Crippen molar-refractivity contribution in [2.75, 3.05) is 33.7 Å². The Bertz CT molecular complexity index is 403. The van der Waals surface area contributed by atoms with E-state index in [2.05, 4.69) is 29.6 Å². The third-order valence-electron chi connectivity index (χ3n) is 6.80. The number of carbonyl (C=O) groups is 1. The van der Waals surface area contributed by atoms with E-state index in [1.807, 2.05) is 0 Å². The number of hydrogen-bond donors (Lipinski definition) is 2. The first kappa shape index (κ1) is 16.3. The fourth-order valence-electron chi connectivity index (χ4n) is 5.10. The third kappa shape index (κ3) is 2.80. The minimum absolute atomic E-state index is 0.111. The summed E-state index contributed by atoms with van der Waals surface area (Å²) >= 11 is 0. The lowest BCUT2D eigenvalue weighted by atomic mass is 9.67. The lowest BCUT2D eigenvalue weighted by Gasteiger charge is -2.44. The molecule has 22 heavy (non-hydrogen) atoms. The molecule has 0 radical (unpaired) electrons. The molecule has 0 unspecified atom stereocenters. The maximum atomic E-state index is 13.0. The molecule has 0 aromatic rings. The molecule has 2 saturated carbocycles. The molecular formula is C18H33N3O. The Morgan fingerprint density at radius 2 is 1.86 bits per heavy atom. The van der Waals surface area contributed by atoms with Gasteiger partial charge in [-0.3, -0.25) is 4.79 Å². The van der Waals surface area contributed by atoms with Gasteiger partial charge in [0.2, 0.25) is 5.91 Å². The van der Waals surface area contributed by atoms with Crippen molar-refractivity contribution in [2.45, 2.75) is 63.3 Å². The van der Waals surface area contributed by atoms with E-state index in [4.69, 9.17) is 0 Å². The number of nitrogens with one attached hydrogen (secondary N) is 2. The van der Waals surface area contributed by atoms with Crippen LogP contribution in [0.5, 0.6) is 0 Å². The molecule has 2 aliphatic carbocycles. The number of carbonyl (C=O) groups excluding carboxylic acids is 1. The van der Waals surface area contributed by atoms with Crippen molar-refractivity contribution >= 4 is 5.91 Å². The van der Waals surface area contributed by atoms with Crippen LogP contribution in [0.2, 0.25) is 0 Å². The first-order valence-corrected chi connectivity index (χ1v) is 9.26. The van der Waals surface area contributed by atoms with Crippen LogP contribution in [0.25, 0.3) is 0 Å². The maximum absolute atomic E-state index is 13.0. The van der Waals surface area contributed by atoms with Gasteiger partial charge in [0, 0.05) is 18.6 Å². The highest BCUT2D eigenvalue weighted by Crippen LogP contribution is 2.44. The number of likely N-dealkylation sites (N-methyl/N-ethyl adjacent to an activating group) is 1. The van der Waals surface area contributed by atoms with Crippen molar-refractivity contribution in [1.29, 1.82) is 0 Å².